The van der Waals surface area contributed by atoms with E-state index in [4.69, 9.17) is 4.74 Å². The van der Waals surface area contributed by atoms with Crippen molar-refractivity contribution in [1.82, 2.24) is 5.32 Å². The number of nitrogens with one attached hydrogen (secondary N) is 1. The summed E-state index contributed by atoms with van der Waals surface area (Å²) < 4.78 is 6.01. The molecule has 4 rings (SSSR count). The van der Waals surface area contributed by atoms with Crippen LogP contribution in [0.5, 0.6) is 11.5 Å². The normalized spacial score (nSPS) is 21.1. The summed E-state index contributed by atoms with van der Waals surface area (Å²) in [6.07, 6.45) is 5.62. The molecular weight excluding hydrogens is 402 g/mol. The Labute approximate surface area is 189 Å². The van der Waals surface area contributed by atoms with Gasteiger partial charge in [0.2, 0.25) is 5.91 Å². The largest absolute Gasteiger partial charge is 0.504 e. The van der Waals surface area contributed by atoms with Crippen molar-refractivity contribution in [3.63, 3.8) is 0 Å². The standard InChI is InChI=1S/C27H29NO4/c1-2-27(14-5-15-27)23-8-4-9-24(25(23)30)32-18-21-16-28-26(31)22(21)7-3-6-19-10-12-20(17-29)13-11-19/h4,8-13,17,21-22,30H,2,5,7,14-16,18H2,1H3,(H,28,31)/t21-,22-/m1/s1. The SMILES string of the molecule is CCC1(c2cccc(OC[C@H]3CNC(=O)[C@@H]3CC#Cc3ccc(C=O)cc3)c2O)CCC1. The molecule has 32 heavy (non-hydrogen) atoms. The van der Waals surface area contributed by atoms with Crippen LogP contribution in [0, 0.1) is 23.7 Å². The van der Waals surface area contributed by atoms with E-state index in [1.165, 1.54) is 6.42 Å². The molecule has 2 atom stereocenters. The Balaban J connectivity index is 1.40. The van der Waals surface area contributed by atoms with Gasteiger partial charge in [-0.1, -0.05) is 49.5 Å². The lowest BCUT2D eigenvalue weighted by molar-refractivity contribution is -0.122. The molecule has 1 heterocycles. The Bertz CT molecular complexity index is 1040. The molecule has 2 aliphatic rings. The molecule has 0 spiro atoms. The second-order valence-corrected chi connectivity index (χ2v) is 8.81. The van der Waals surface area contributed by atoms with E-state index in [1.54, 1.807) is 30.3 Å². The van der Waals surface area contributed by atoms with Gasteiger partial charge in [0.15, 0.2) is 11.5 Å². The third kappa shape index (κ3) is 4.36. The molecule has 1 saturated carbocycles. The third-order valence-corrected chi connectivity index (χ3v) is 7.06. The molecule has 0 bridgehead atoms. The fourth-order valence-corrected chi connectivity index (χ4v) is 4.74. The van der Waals surface area contributed by atoms with Gasteiger partial charge < -0.3 is 15.2 Å². The number of aldehydes is 1. The molecule has 2 aromatic carbocycles. The second kappa shape index (κ2) is 9.48. The molecule has 166 valence electrons. The summed E-state index contributed by atoms with van der Waals surface area (Å²) in [5.41, 5.74) is 2.46. The van der Waals surface area contributed by atoms with Crippen LogP contribution in [0.4, 0.5) is 0 Å². The van der Waals surface area contributed by atoms with Gasteiger partial charge in [0.25, 0.3) is 0 Å². The number of carbonyl (C=O) groups is 2. The van der Waals surface area contributed by atoms with Gasteiger partial charge in [-0.25, -0.2) is 0 Å². The van der Waals surface area contributed by atoms with Crippen LogP contribution in [-0.2, 0) is 10.2 Å². The molecule has 1 aliphatic heterocycles. The van der Waals surface area contributed by atoms with Crippen molar-refractivity contribution < 1.29 is 19.4 Å². The van der Waals surface area contributed by atoms with Gasteiger partial charge in [-0.3, -0.25) is 9.59 Å². The monoisotopic (exact) mass is 431 g/mol. The summed E-state index contributed by atoms with van der Waals surface area (Å²) in [7, 11) is 0. The molecule has 0 aromatic heterocycles. The smallest absolute Gasteiger partial charge is 0.224 e. The number of para-hydroxylation sites is 1. The van der Waals surface area contributed by atoms with Crippen molar-refractivity contribution >= 4 is 12.2 Å². The minimum atomic E-state index is -0.254. The van der Waals surface area contributed by atoms with Gasteiger partial charge in [-0.05, 0) is 42.9 Å². The van der Waals surface area contributed by atoms with Gasteiger partial charge in [0.05, 0.1) is 12.5 Å². The second-order valence-electron chi connectivity index (χ2n) is 8.81. The highest BCUT2D eigenvalue weighted by atomic mass is 16.5. The maximum absolute atomic E-state index is 12.3. The summed E-state index contributed by atoms with van der Waals surface area (Å²) in [5.74, 6) is 6.61. The topological polar surface area (TPSA) is 75.6 Å². The molecule has 2 fully saturated rings. The first-order valence-corrected chi connectivity index (χ1v) is 11.3. The van der Waals surface area contributed by atoms with E-state index in [0.29, 0.717) is 30.9 Å². The molecule has 1 amide bonds. The number of phenols is 1. The highest BCUT2D eigenvalue weighted by Crippen LogP contribution is 2.51. The molecule has 5 nitrogen and oxygen atoms in total. The van der Waals surface area contributed by atoms with E-state index >= 15 is 0 Å². The van der Waals surface area contributed by atoms with Crippen molar-refractivity contribution in [2.75, 3.05) is 13.2 Å². The third-order valence-electron chi connectivity index (χ3n) is 7.06. The van der Waals surface area contributed by atoms with Crippen molar-refractivity contribution in [2.45, 2.75) is 44.4 Å². The molecule has 2 N–H and O–H groups in total. The number of phenolic OH excluding ortho intramolecular Hbond substituents is 1. The summed E-state index contributed by atoms with van der Waals surface area (Å²) in [6, 6.07) is 12.8. The number of ether oxygens (including phenoxy) is 1. The Morgan fingerprint density at radius 2 is 2.00 bits per heavy atom. The Morgan fingerprint density at radius 3 is 2.66 bits per heavy atom. The first-order valence-electron chi connectivity index (χ1n) is 11.3. The Kier molecular flexibility index (Phi) is 6.50. The van der Waals surface area contributed by atoms with Gasteiger partial charge >= 0.3 is 0 Å². The van der Waals surface area contributed by atoms with E-state index in [9.17, 15) is 14.7 Å². The van der Waals surface area contributed by atoms with Crippen LogP contribution in [-0.4, -0.2) is 30.5 Å². The van der Waals surface area contributed by atoms with Crippen LogP contribution in [0.3, 0.4) is 0 Å². The predicted octanol–water partition coefficient (Wildman–Crippen LogP) is 4.22. The van der Waals surface area contributed by atoms with Gasteiger partial charge in [0.1, 0.15) is 6.29 Å². The molecular formula is C27H29NO4. The van der Waals surface area contributed by atoms with Crippen LogP contribution in [0.1, 0.15) is 60.5 Å². The lowest BCUT2D eigenvalue weighted by Gasteiger charge is -2.42. The van der Waals surface area contributed by atoms with Crippen LogP contribution in [0.15, 0.2) is 42.5 Å². The van der Waals surface area contributed by atoms with E-state index in [0.717, 1.165) is 36.7 Å². The van der Waals surface area contributed by atoms with E-state index in [1.807, 2.05) is 12.1 Å². The summed E-state index contributed by atoms with van der Waals surface area (Å²) >= 11 is 0. The quantitative estimate of drug-likeness (QED) is 0.508. The first kappa shape index (κ1) is 22.0. The number of amides is 1. The fraction of sp³-hybridized carbons (Fsp3) is 0.407. The zero-order valence-electron chi connectivity index (χ0n) is 18.4. The van der Waals surface area contributed by atoms with Crippen LogP contribution in [0.2, 0.25) is 0 Å². The number of rotatable bonds is 7. The predicted molar refractivity (Wildman–Crippen MR) is 123 cm³/mol. The van der Waals surface area contributed by atoms with Gasteiger partial charge in [-0.15, -0.1) is 0 Å². The number of benzene rings is 2. The molecule has 0 radical (unpaired) electrons. The lowest BCUT2D eigenvalue weighted by Crippen LogP contribution is -2.33. The Morgan fingerprint density at radius 1 is 1.22 bits per heavy atom. The summed E-state index contributed by atoms with van der Waals surface area (Å²) in [6.45, 7) is 3.05. The molecule has 0 unspecified atom stereocenters. The molecule has 1 aliphatic carbocycles. The van der Waals surface area contributed by atoms with Crippen molar-refractivity contribution in [2.24, 2.45) is 11.8 Å². The molecule has 2 aromatic rings. The fourth-order valence-electron chi connectivity index (χ4n) is 4.74. The first-order chi connectivity index (χ1) is 15.6. The Hall–Kier alpha value is -3.26. The number of aromatic hydroxyl groups is 1. The van der Waals surface area contributed by atoms with E-state index in [2.05, 4.69) is 24.1 Å². The maximum atomic E-state index is 12.3. The van der Waals surface area contributed by atoms with Crippen molar-refractivity contribution in [3.05, 3.63) is 59.2 Å². The van der Waals surface area contributed by atoms with Gasteiger partial charge in [-0.2, -0.15) is 0 Å². The van der Waals surface area contributed by atoms with E-state index < -0.39 is 0 Å². The van der Waals surface area contributed by atoms with Crippen LogP contribution in [0.25, 0.3) is 0 Å². The highest BCUT2D eigenvalue weighted by Gasteiger charge is 2.39. The number of carbonyl (C=O) groups excluding carboxylic acids is 2. The summed E-state index contributed by atoms with van der Waals surface area (Å²) in [4.78, 5) is 23.1. The molecule has 1 saturated heterocycles. The van der Waals surface area contributed by atoms with Crippen molar-refractivity contribution in [1.29, 1.82) is 0 Å². The zero-order chi connectivity index (χ0) is 22.6. The average molecular weight is 432 g/mol. The minimum absolute atomic E-state index is 0.0124. The van der Waals surface area contributed by atoms with Gasteiger partial charge in [0, 0.05) is 35.6 Å². The van der Waals surface area contributed by atoms with Crippen LogP contribution < -0.4 is 10.1 Å². The summed E-state index contributed by atoms with van der Waals surface area (Å²) in [5, 5.41) is 13.8. The van der Waals surface area contributed by atoms with Crippen LogP contribution >= 0.6 is 0 Å². The van der Waals surface area contributed by atoms with Crippen molar-refractivity contribution in [3.8, 4) is 23.3 Å². The minimum Gasteiger partial charge on any atom is -0.504 e. The lowest BCUT2D eigenvalue weighted by atomic mass is 9.62. The van der Waals surface area contributed by atoms with E-state index in [-0.39, 0.29) is 28.9 Å². The molecule has 5 heteroatoms. The zero-order valence-corrected chi connectivity index (χ0v) is 18.4. The average Bonchev–Trinajstić information content (AvgIpc) is 3.13. The number of hydrogen-bond donors (Lipinski definition) is 2. The number of hydrogen-bond acceptors (Lipinski definition) is 4. The highest BCUT2D eigenvalue weighted by molar-refractivity contribution is 5.81. The maximum Gasteiger partial charge on any atom is 0.224 e.